The minimum atomic E-state index is -3.67. The maximum atomic E-state index is 9.19. The van der Waals surface area contributed by atoms with Gasteiger partial charge in [-0.2, -0.15) is 0 Å². The summed E-state index contributed by atoms with van der Waals surface area (Å²) < 4.78 is 18.4. The van der Waals surface area contributed by atoms with Crippen LogP contribution in [0.5, 0.6) is 0 Å². The Morgan fingerprint density at radius 2 is 1.20 bits per heavy atom. The molecule has 0 aromatic heterocycles. The van der Waals surface area contributed by atoms with Crippen molar-refractivity contribution in [3.05, 3.63) is 12.5 Å². The molecule has 3 heteroatoms. The van der Waals surface area contributed by atoms with Crippen molar-refractivity contribution in [3.63, 3.8) is 0 Å². The van der Waals surface area contributed by atoms with Crippen LogP contribution < -0.4 is 0 Å². The summed E-state index contributed by atoms with van der Waals surface area (Å²) in [4.78, 5) is 0. The predicted molar refractivity (Wildman–Crippen MR) is 17.5 cm³/mol. The normalized spacial score (nSPS) is 11.6. The Labute approximate surface area is 31.7 Å². The Bertz CT molecular complexity index is 90.8. The molecule has 0 aromatic carbocycles. The lowest BCUT2D eigenvalue weighted by atomic mass is 11.9. The second-order valence-corrected chi connectivity index (χ2v) is 1.77. The van der Waals surface area contributed by atoms with Crippen LogP contribution in [-0.2, 0) is 9.84 Å². The van der Waals surface area contributed by atoms with Gasteiger partial charge in [-0.1, -0.05) is 0 Å². The zero-order valence-electron chi connectivity index (χ0n) is 2.38. The smallest absolute Gasteiger partial charge is 0.161 e. The summed E-state index contributed by atoms with van der Waals surface area (Å²) in [6.45, 7) is 0. The van der Waals surface area contributed by atoms with E-state index in [-0.39, 0.29) is 0 Å². The molecule has 0 N–H and O–H groups in total. The molecule has 2 nitrogen and oxygen atoms in total. The van der Waals surface area contributed by atoms with Crippen LogP contribution in [0.25, 0.3) is 0 Å². The second kappa shape index (κ2) is 0.971. The molecular weight excluding hydrogens is 88.1 g/mol. The summed E-state index contributed by atoms with van der Waals surface area (Å²) in [7, 11) is -3.67. The first-order valence-corrected chi connectivity index (χ1v) is 2.41. The van der Waals surface area contributed by atoms with E-state index in [2.05, 4.69) is 12.5 Å². The molecule has 0 aromatic rings. The van der Waals surface area contributed by atoms with Crippen LogP contribution in [0.1, 0.15) is 0 Å². The Morgan fingerprint density at radius 1 is 1.20 bits per heavy atom. The first-order chi connectivity index (χ1) is 2.00. The summed E-state index contributed by atoms with van der Waals surface area (Å²) in [5, 5.41) is 0. The fourth-order valence-corrected chi connectivity index (χ4v) is 0. The molecule has 4 radical (unpaired) electrons. The number of rotatable bonds is 0. The van der Waals surface area contributed by atoms with E-state index in [9.17, 15) is 8.42 Å². The highest BCUT2D eigenvalue weighted by Gasteiger charge is 1.82. The second-order valence-electron chi connectivity index (χ2n) is 0.589. The fraction of sp³-hybridized carbons (Fsp3) is 0. The molecule has 0 saturated carbocycles. The summed E-state index contributed by atoms with van der Waals surface area (Å²) in [5.74, 6) is 0. The number of sulfone groups is 1. The molecule has 0 atom stereocenters. The maximum Gasteiger partial charge on any atom is 0.161 e. The van der Waals surface area contributed by atoms with Crippen LogP contribution in [-0.4, -0.2) is 8.42 Å². The largest absolute Gasteiger partial charge is 0.228 e. The molecular formula is C2H2O2S. The fourth-order valence-electron chi connectivity index (χ4n) is 0. The third-order valence-electron chi connectivity index (χ3n) is 0. The topological polar surface area (TPSA) is 34.1 Å². The SMILES string of the molecule is [CH]S([CH])(=O)=O. The molecule has 0 aliphatic carbocycles. The van der Waals surface area contributed by atoms with Gasteiger partial charge in [0.2, 0.25) is 0 Å². The van der Waals surface area contributed by atoms with Gasteiger partial charge in [0.1, 0.15) is 0 Å². The molecule has 0 aliphatic rings. The van der Waals surface area contributed by atoms with Crippen LogP contribution in [0, 0.1) is 12.5 Å². The summed E-state index contributed by atoms with van der Waals surface area (Å²) in [6, 6.07) is 0. The van der Waals surface area contributed by atoms with E-state index in [4.69, 9.17) is 0 Å². The van der Waals surface area contributed by atoms with Crippen molar-refractivity contribution in [1.29, 1.82) is 0 Å². The van der Waals surface area contributed by atoms with Gasteiger partial charge in [-0.15, -0.1) is 0 Å². The van der Waals surface area contributed by atoms with E-state index in [1.165, 1.54) is 0 Å². The van der Waals surface area contributed by atoms with Crippen LogP contribution in [0.4, 0.5) is 0 Å². The molecule has 5 heavy (non-hydrogen) atoms. The molecule has 0 saturated heterocycles. The molecule has 0 heterocycles. The Morgan fingerprint density at radius 3 is 1.20 bits per heavy atom. The highest BCUT2D eigenvalue weighted by Crippen LogP contribution is 1.71. The van der Waals surface area contributed by atoms with Crippen molar-refractivity contribution in [3.8, 4) is 0 Å². The summed E-state index contributed by atoms with van der Waals surface area (Å²) in [6.07, 6.45) is 8.21. The molecule has 0 aliphatic heterocycles. The highest BCUT2D eigenvalue weighted by molar-refractivity contribution is 7.93. The van der Waals surface area contributed by atoms with Gasteiger partial charge >= 0.3 is 0 Å². The van der Waals surface area contributed by atoms with Gasteiger partial charge in [-0.3, -0.25) is 0 Å². The molecule has 28 valence electrons. The monoisotopic (exact) mass is 90.0 g/mol. The average Bonchev–Trinajstić information content (AvgIpc) is 0.722. The van der Waals surface area contributed by atoms with Gasteiger partial charge in [-0.25, -0.2) is 8.42 Å². The van der Waals surface area contributed by atoms with Crippen molar-refractivity contribution < 1.29 is 8.42 Å². The van der Waals surface area contributed by atoms with E-state index >= 15 is 0 Å². The van der Waals surface area contributed by atoms with Gasteiger partial charge in [-0.05, 0) is 0 Å². The zero-order chi connectivity index (χ0) is 4.50. The lowest BCUT2D eigenvalue weighted by molar-refractivity contribution is 0.612. The summed E-state index contributed by atoms with van der Waals surface area (Å²) >= 11 is 0. The first kappa shape index (κ1) is 4.95. The Balaban J connectivity index is 4.06. The first-order valence-electron chi connectivity index (χ1n) is 0.805. The number of hydrogen-bond acceptors (Lipinski definition) is 2. The van der Waals surface area contributed by atoms with E-state index in [0.29, 0.717) is 0 Å². The highest BCUT2D eigenvalue weighted by atomic mass is 32.2. The number of hydrogen-bond donors (Lipinski definition) is 0. The molecule has 0 spiro atoms. The van der Waals surface area contributed by atoms with Crippen LogP contribution in [0.3, 0.4) is 0 Å². The van der Waals surface area contributed by atoms with Gasteiger partial charge in [0.25, 0.3) is 0 Å². The average molecular weight is 90.1 g/mol. The van der Waals surface area contributed by atoms with Gasteiger partial charge in [0.15, 0.2) is 9.84 Å². The maximum absolute atomic E-state index is 9.19. The summed E-state index contributed by atoms with van der Waals surface area (Å²) in [5.41, 5.74) is 0. The van der Waals surface area contributed by atoms with Crippen LogP contribution >= 0.6 is 0 Å². The van der Waals surface area contributed by atoms with Crippen molar-refractivity contribution in [2.45, 2.75) is 0 Å². The molecule has 0 fully saturated rings. The third kappa shape index (κ3) is 6010. The standard InChI is InChI=1S/C2H2O2S/c1-5(2,3)4/h1-2H. The third-order valence-corrected chi connectivity index (χ3v) is 0. The van der Waals surface area contributed by atoms with Crippen molar-refractivity contribution >= 4 is 9.84 Å². The Kier molecular flexibility index (Phi) is 0.961. The van der Waals surface area contributed by atoms with Crippen molar-refractivity contribution in [1.82, 2.24) is 0 Å². The van der Waals surface area contributed by atoms with E-state index in [1.54, 1.807) is 0 Å². The zero-order valence-corrected chi connectivity index (χ0v) is 3.20. The van der Waals surface area contributed by atoms with Gasteiger partial charge in [0.05, 0.1) is 12.5 Å². The van der Waals surface area contributed by atoms with E-state index < -0.39 is 9.84 Å². The minimum Gasteiger partial charge on any atom is -0.228 e. The van der Waals surface area contributed by atoms with Crippen molar-refractivity contribution in [2.75, 3.05) is 0 Å². The molecule has 0 amide bonds. The van der Waals surface area contributed by atoms with Gasteiger partial charge in [0, 0.05) is 0 Å². The Hall–Kier alpha value is -0.0500. The minimum absolute atomic E-state index is 3.67. The van der Waals surface area contributed by atoms with E-state index in [0.717, 1.165) is 0 Å². The molecule has 0 unspecified atom stereocenters. The molecule has 0 bridgehead atoms. The molecule has 0 rings (SSSR count). The predicted octanol–water partition coefficient (Wildman–Crippen LogP) is -0.262. The quantitative estimate of drug-likeness (QED) is 0.410. The van der Waals surface area contributed by atoms with Gasteiger partial charge < -0.3 is 0 Å². The lowest BCUT2D eigenvalue weighted by Gasteiger charge is -1.67. The van der Waals surface area contributed by atoms with E-state index in [1.807, 2.05) is 0 Å². The van der Waals surface area contributed by atoms with Crippen molar-refractivity contribution in [2.24, 2.45) is 0 Å². The van der Waals surface area contributed by atoms with Crippen LogP contribution in [0.2, 0.25) is 0 Å². The lowest BCUT2D eigenvalue weighted by Crippen LogP contribution is -1.77. The van der Waals surface area contributed by atoms with Crippen LogP contribution in [0.15, 0.2) is 0 Å².